The van der Waals surface area contributed by atoms with E-state index >= 15 is 0 Å². The Morgan fingerprint density at radius 3 is 2.64 bits per heavy atom. The molecule has 1 fully saturated rings. The Hall–Kier alpha value is -2.37. The van der Waals surface area contributed by atoms with Crippen molar-refractivity contribution >= 4 is 17.1 Å². The molecule has 0 saturated carbocycles. The zero-order valence-electron chi connectivity index (χ0n) is 16.4. The molecular formula is C23H25N3OS. The van der Waals surface area contributed by atoms with Crippen LogP contribution in [0.4, 0.5) is 0 Å². The molecule has 28 heavy (non-hydrogen) atoms. The molecule has 1 aliphatic heterocycles. The molecular weight excluding hydrogens is 366 g/mol. The number of carbonyl (C=O) groups is 1. The van der Waals surface area contributed by atoms with Gasteiger partial charge in [0.1, 0.15) is 0 Å². The van der Waals surface area contributed by atoms with Crippen molar-refractivity contribution in [2.45, 2.75) is 33.2 Å². The summed E-state index contributed by atoms with van der Waals surface area (Å²) in [5, 5.41) is 2.01. The van der Waals surface area contributed by atoms with Crippen molar-refractivity contribution in [1.29, 1.82) is 0 Å². The fraction of sp³-hybridized carbons (Fsp3) is 0.348. The molecule has 0 N–H and O–H groups in total. The lowest BCUT2D eigenvalue weighted by Gasteiger charge is -2.31. The third kappa shape index (κ3) is 4.05. The van der Waals surface area contributed by atoms with Crippen LogP contribution in [0.15, 0.2) is 48.1 Å². The number of piperidine rings is 1. The molecule has 1 saturated heterocycles. The van der Waals surface area contributed by atoms with Gasteiger partial charge < -0.3 is 0 Å². The van der Waals surface area contributed by atoms with E-state index in [0.717, 1.165) is 59.9 Å². The Morgan fingerprint density at radius 2 is 1.93 bits per heavy atom. The normalized spacial score (nSPS) is 17.6. The first kappa shape index (κ1) is 19.0. The van der Waals surface area contributed by atoms with E-state index in [-0.39, 0.29) is 5.92 Å². The topological polar surface area (TPSA) is 46.1 Å². The number of nitrogens with zero attached hydrogens (tertiary/aromatic N) is 3. The second kappa shape index (κ2) is 8.33. The minimum atomic E-state index is 0.0956. The van der Waals surface area contributed by atoms with Crippen LogP contribution in [0.5, 0.6) is 0 Å². The third-order valence-electron chi connectivity index (χ3n) is 5.46. The first-order valence-corrected chi connectivity index (χ1v) is 10.7. The minimum absolute atomic E-state index is 0.0956. The number of carbonyl (C=O) groups excluding carboxylic acids is 1. The van der Waals surface area contributed by atoms with Gasteiger partial charge in [-0.05, 0) is 55.8 Å². The van der Waals surface area contributed by atoms with Crippen molar-refractivity contribution < 1.29 is 4.79 Å². The molecule has 5 heteroatoms. The van der Waals surface area contributed by atoms with E-state index in [2.05, 4.69) is 33.9 Å². The second-order valence-electron chi connectivity index (χ2n) is 7.60. The van der Waals surface area contributed by atoms with Crippen molar-refractivity contribution in [2.24, 2.45) is 5.92 Å². The van der Waals surface area contributed by atoms with Crippen molar-refractivity contribution in [3.05, 3.63) is 69.7 Å². The highest BCUT2D eigenvalue weighted by atomic mass is 32.1. The van der Waals surface area contributed by atoms with Crippen LogP contribution in [0.25, 0.3) is 11.4 Å². The number of benzene rings is 1. The summed E-state index contributed by atoms with van der Waals surface area (Å²) in [7, 11) is 0. The van der Waals surface area contributed by atoms with Crippen molar-refractivity contribution in [3.8, 4) is 11.4 Å². The van der Waals surface area contributed by atoms with Gasteiger partial charge >= 0.3 is 0 Å². The summed E-state index contributed by atoms with van der Waals surface area (Å²) in [5.41, 5.74) is 4.45. The van der Waals surface area contributed by atoms with Crippen molar-refractivity contribution in [1.82, 2.24) is 14.9 Å². The number of thiophene rings is 1. The fourth-order valence-corrected chi connectivity index (χ4v) is 4.83. The minimum Gasteiger partial charge on any atom is -0.298 e. The molecule has 4 rings (SSSR count). The van der Waals surface area contributed by atoms with E-state index < -0.39 is 0 Å². The van der Waals surface area contributed by atoms with E-state index in [1.807, 2.05) is 42.9 Å². The van der Waals surface area contributed by atoms with Gasteiger partial charge in [0.05, 0.1) is 4.88 Å². The predicted molar refractivity (Wildman–Crippen MR) is 114 cm³/mol. The lowest BCUT2D eigenvalue weighted by Crippen LogP contribution is -2.38. The quantitative estimate of drug-likeness (QED) is 0.579. The average Bonchev–Trinajstić information content (AvgIpc) is 3.15. The highest BCUT2D eigenvalue weighted by Crippen LogP contribution is 2.26. The molecule has 3 aromatic rings. The van der Waals surface area contributed by atoms with Crippen molar-refractivity contribution in [3.63, 3.8) is 0 Å². The summed E-state index contributed by atoms with van der Waals surface area (Å²) < 4.78 is 0. The first-order valence-electron chi connectivity index (χ1n) is 9.79. The Balaban J connectivity index is 1.42. The van der Waals surface area contributed by atoms with Crippen LogP contribution < -0.4 is 0 Å². The zero-order valence-corrected chi connectivity index (χ0v) is 17.2. The molecule has 0 radical (unpaired) electrons. The SMILES string of the molecule is Cc1ccccc1-c1ncc(CN2CCC[C@H](C(=O)c3sccc3C)C2)cn1. The number of likely N-dealkylation sites (tertiary alicyclic amines) is 1. The molecule has 1 aromatic carbocycles. The maximum atomic E-state index is 12.9. The van der Waals surface area contributed by atoms with Crippen LogP contribution in [0.3, 0.4) is 0 Å². The molecule has 0 spiro atoms. The van der Waals surface area contributed by atoms with Gasteiger partial charge in [0.25, 0.3) is 0 Å². The number of aromatic nitrogens is 2. The molecule has 0 amide bonds. The summed E-state index contributed by atoms with van der Waals surface area (Å²) in [6.07, 6.45) is 5.88. The zero-order chi connectivity index (χ0) is 19.5. The first-order chi connectivity index (χ1) is 13.6. The smallest absolute Gasteiger partial charge is 0.177 e. The third-order valence-corrected chi connectivity index (χ3v) is 6.49. The Bertz CT molecular complexity index is 964. The molecule has 4 nitrogen and oxygen atoms in total. The summed E-state index contributed by atoms with van der Waals surface area (Å²) in [4.78, 5) is 25.3. The maximum absolute atomic E-state index is 12.9. The summed E-state index contributed by atoms with van der Waals surface area (Å²) in [6.45, 7) is 6.73. The molecule has 144 valence electrons. The van der Waals surface area contributed by atoms with Gasteiger partial charge in [-0.2, -0.15) is 0 Å². The number of hydrogen-bond donors (Lipinski definition) is 0. The monoisotopic (exact) mass is 391 g/mol. The van der Waals surface area contributed by atoms with Crippen molar-refractivity contribution in [2.75, 3.05) is 13.1 Å². The molecule has 0 bridgehead atoms. The van der Waals surface area contributed by atoms with Crippen LogP contribution in [0.2, 0.25) is 0 Å². The molecule has 0 aliphatic carbocycles. The van der Waals surface area contributed by atoms with E-state index in [9.17, 15) is 4.79 Å². The largest absolute Gasteiger partial charge is 0.298 e. The van der Waals surface area contributed by atoms with Gasteiger partial charge in [0.15, 0.2) is 11.6 Å². The summed E-state index contributed by atoms with van der Waals surface area (Å²) in [6, 6.07) is 10.2. The van der Waals surface area contributed by atoms with Gasteiger partial charge in [-0.1, -0.05) is 24.3 Å². The lowest BCUT2D eigenvalue weighted by atomic mass is 9.92. The number of ketones is 1. The van der Waals surface area contributed by atoms with Crippen LogP contribution in [0, 0.1) is 19.8 Å². The molecule has 1 aliphatic rings. The Labute approximate surface area is 170 Å². The van der Waals surface area contributed by atoms with Gasteiger partial charge in [-0.25, -0.2) is 9.97 Å². The van der Waals surface area contributed by atoms with Gasteiger partial charge in [0.2, 0.25) is 0 Å². The Kier molecular flexibility index (Phi) is 5.64. The fourth-order valence-electron chi connectivity index (χ4n) is 3.88. The molecule has 0 unspecified atom stereocenters. The number of Topliss-reactive ketones (excluding diaryl/α,β-unsaturated/α-hetero) is 1. The van der Waals surface area contributed by atoms with Gasteiger partial charge in [-0.3, -0.25) is 9.69 Å². The number of aryl methyl sites for hydroxylation is 2. The summed E-state index contributed by atoms with van der Waals surface area (Å²) in [5.74, 6) is 1.17. The summed E-state index contributed by atoms with van der Waals surface area (Å²) >= 11 is 1.57. The molecule has 3 heterocycles. The average molecular weight is 392 g/mol. The number of hydrogen-bond acceptors (Lipinski definition) is 5. The Morgan fingerprint density at radius 1 is 1.14 bits per heavy atom. The number of rotatable bonds is 5. The van der Waals surface area contributed by atoms with Gasteiger partial charge in [-0.15, -0.1) is 11.3 Å². The lowest BCUT2D eigenvalue weighted by molar-refractivity contribution is 0.0815. The van der Waals surface area contributed by atoms with Crippen LogP contribution in [-0.4, -0.2) is 33.7 Å². The molecule has 1 atom stereocenters. The highest BCUT2D eigenvalue weighted by Gasteiger charge is 2.28. The van der Waals surface area contributed by atoms with Crippen LogP contribution in [-0.2, 0) is 6.54 Å². The predicted octanol–water partition coefficient (Wildman–Crippen LogP) is 4.92. The van der Waals surface area contributed by atoms with E-state index in [1.54, 1.807) is 11.3 Å². The van der Waals surface area contributed by atoms with Gasteiger partial charge in [0, 0.05) is 42.5 Å². The van der Waals surface area contributed by atoms with E-state index in [4.69, 9.17) is 0 Å². The standard InChI is InChI=1S/C23H25N3OS/c1-16-6-3-4-8-20(16)23-24-12-18(13-25-23)14-26-10-5-7-19(15-26)21(27)22-17(2)9-11-28-22/h3-4,6,8-9,11-13,19H,5,7,10,14-15H2,1-2H3/t19-/m0/s1. The maximum Gasteiger partial charge on any atom is 0.177 e. The van der Waals surface area contributed by atoms with E-state index in [1.165, 1.54) is 5.56 Å². The van der Waals surface area contributed by atoms with Crippen LogP contribution >= 0.6 is 11.3 Å². The van der Waals surface area contributed by atoms with Crippen LogP contribution in [0.1, 0.15) is 39.2 Å². The molecule has 2 aromatic heterocycles. The second-order valence-corrected chi connectivity index (χ2v) is 8.52. The highest BCUT2D eigenvalue weighted by molar-refractivity contribution is 7.12. The van der Waals surface area contributed by atoms with E-state index in [0.29, 0.717) is 5.78 Å².